The first-order chi connectivity index (χ1) is 13.6. The number of rotatable bonds is 3. The molecule has 6 nitrogen and oxygen atoms in total. The number of hydrogen-bond acceptors (Lipinski definition) is 5. The number of aryl methyl sites for hydroxylation is 1. The number of carbonyl (C=O) groups is 1. The van der Waals surface area contributed by atoms with Crippen molar-refractivity contribution in [2.75, 3.05) is 30.8 Å². The van der Waals surface area contributed by atoms with Crippen LogP contribution in [-0.4, -0.2) is 57.7 Å². The van der Waals surface area contributed by atoms with Crippen LogP contribution in [0, 0.1) is 6.92 Å². The third-order valence-corrected chi connectivity index (χ3v) is 6.65. The highest BCUT2D eigenvalue weighted by Crippen LogP contribution is 2.45. The van der Waals surface area contributed by atoms with E-state index in [4.69, 9.17) is 0 Å². The van der Waals surface area contributed by atoms with Crippen LogP contribution in [0.4, 0.5) is 5.69 Å². The van der Waals surface area contributed by atoms with Gasteiger partial charge in [-0.1, -0.05) is 29.5 Å². The number of likely N-dealkylation sites (N-methyl/N-ethyl adjacent to an activating group) is 1. The number of amides is 1. The van der Waals surface area contributed by atoms with Crippen LogP contribution in [0.1, 0.15) is 23.5 Å². The van der Waals surface area contributed by atoms with E-state index in [1.165, 1.54) is 22.9 Å². The molecule has 1 amide bonds. The van der Waals surface area contributed by atoms with Gasteiger partial charge in [-0.15, -0.1) is 0 Å². The Balaban J connectivity index is 1.39. The summed E-state index contributed by atoms with van der Waals surface area (Å²) in [6.07, 6.45) is 2.75. The zero-order valence-corrected chi connectivity index (χ0v) is 16.9. The largest absolute Gasteiger partial charge is 0.318 e. The maximum atomic E-state index is 13.3. The summed E-state index contributed by atoms with van der Waals surface area (Å²) in [5, 5.41) is 0.741. The summed E-state index contributed by atoms with van der Waals surface area (Å²) in [4.78, 5) is 29.7. The molecule has 144 valence electrons. The number of anilines is 1. The van der Waals surface area contributed by atoms with E-state index in [-0.39, 0.29) is 11.9 Å². The second-order valence-corrected chi connectivity index (χ2v) is 8.72. The number of H-pyrrole nitrogens is 1. The molecule has 1 saturated heterocycles. The monoisotopic (exact) mass is 393 g/mol. The fraction of sp³-hybridized carbons (Fsp3) is 0.381. The first-order valence-electron chi connectivity index (χ1n) is 9.65. The first kappa shape index (κ1) is 17.7. The van der Waals surface area contributed by atoms with Crippen molar-refractivity contribution >= 4 is 34.5 Å². The minimum atomic E-state index is 0.153. The molecule has 4 heterocycles. The van der Waals surface area contributed by atoms with Crippen LogP contribution in [0.15, 0.2) is 41.7 Å². The molecule has 7 heteroatoms. The SMILES string of the molecule is Cc1ccc2c(c1)C1CN(C)CCC1N2C(=O)CSc1nc2cccnc2[nH]1. The highest BCUT2D eigenvalue weighted by molar-refractivity contribution is 7.99. The Morgan fingerprint density at radius 3 is 3.11 bits per heavy atom. The van der Waals surface area contributed by atoms with Gasteiger partial charge < -0.3 is 14.8 Å². The number of thioether (sulfide) groups is 1. The fourth-order valence-electron chi connectivity index (χ4n) is 4.50. The summed E-state index contributed by atoms with van der Waals surface area (Å²) < 4.78 is 0. The Kier molecular flexibility index (Phi) is 4.36. The molecule has 3 aromatic rings. The maximum absolute atomic E-state index is 13.3. The topological polar surface area (TPSA) is 65.1 Å². The van der Waals surface area contributed by atoms with Crippen molar-refractivity contribution in [2.24, 2.45) is 0 Å². The summed E-state index contributed by atoms with van der Waals surface area (Å²) in [7, 11) is 2.17. The van der Waals surface area contributed by atoms with Crippen LogP contribution in [0.5, 0.6) is 0 Å². The van der Waals surface area contributed by atoms with Gasteiger partial charge in [-0.05, 0) is 50.7 Å². The molecule has 2 aliphatic heterocycles. The van der Waals surface area contributed by atoms with Gasteiger partial charge >= 0.3 is 0 Å². The number of imidazole rings is 1. The molecule has 1 fully saturated rings. The number of fused-ring (bicyclic) bond motifs is 4. The molecular weight excluding hydrogens is 370 g/mol. The van der Waals surface area contributed by atoms with Crippen molar-refractivity contribution in [2.45, 2.75) is 30.5 Å². The van der Waals surface area contributed by atoms with Crippen LogP contribution in [0.3, 0.4) is 0 Å². The van der Waals surface area contributed by atoms with Gasteiger partial charge in [0.15, 0.2) is 10.8 Å². The fourth-order valence-corrected chi connectivity index (χ4v) is 5.23. The van der Waals surface area contributed by atoms with E-state index < -0.39 is 0 Å². The Morgan fingerprint density at radius 2 is 2.25 bits per heavy atom. The lowest BCUT2D eigenvalue weighted by molar-refractivity contribution is -0.116. The molecular formula is C21H23N5OS. The lowest BCUT2D eigenvalue weighted by Gasteiger charge is -2.36. The molecule has 1 N–H and O–H groups in total. The van der Waals surface area contributed by atoms with Crippen molar-refractivity contribution < 1.29 is 4.79 Å². The Hall–Kier alpha value is -2.38. The van der Waals surface area contributed by atoms with E-state index in [2.05, 4.69) is 56.9 Å². The molecule has 0 radical (unpaired) electrons. The molecule has 2 aliphatic rings. The minimum Gasteiger partial charge on any atom is -0.318 e. The number of piperidine rings is 1. The number of hydrogen-bond donors (Lipinski definition) is 1. The number of likely N-dealkylation sites (tertiary alicyclic amines) is 1. The lowest BCUT2D eigenvalue weighted by atomic mass is 9.89. The summed E-state index contributed by atoms with van der Waals surface area (Å²) >= 11 is 1.45. The average Bonchev–Trinajstić information content (AvgIpc) is 3.24. The minimum absolute atomic E-state index is 0.153. The Morgan fingerprint density at radius 1 is 1.36 bits per heavy atom. The Labute approximate surface area is 168 Å². The van der Waals surface area contributed by atoms with Gasteiger partial charge in [0.1, 0.15) is 5.52 Å². The molecule has 0 bridgehead atoms. The van der Waals surface area contributed by atoms with Gasteiger partial charge in [0.25, 0.3) is 0 Å². The molecule has 28 heavy (non-hydrogen) atoms. The number of carbonyl (C=O) groups excluding carboxylic acids is 1. The second kappa shape index (κ2) is 6.90. The number of pyridine rings is 1. The standard InChI is InChI=1S/C21H23N5OS/c1-13-5-6-17-14(10-13)15-11-25(2)9-7-18(15)26(17)19(27)12-28-21-23-16-4-3-8-22-20(16)24-21/h3-6,8,10,15,18H,7,9,11-12H2,1-2H3,(H,22,23,24). The molecule has 0 spiro atoms. The smallest absolute Gasteiger partial charge is 0.237 e. The number of nitrogens with one attached hydrogen (secondary N) is 1. The molecule has 2 atom stereocenters. The normalized spacial score (nSPS) is 21.7. The van der Waals surface area contributed by atoms with Crippen LogP contribution in [0.2, 0.25) is 0 Å². The van der Waals surface area contributed by atoms with Crippen molar-refractivity contribution in [3.05, 3.63) is 47.7 Å². The van der Waals surface area contributed by atoms with Crippen molar-refractivity contribution in [3.63, 3.8) is 0 Å². The lowest BCUT2D eigenvalue weighted by Crippen LogP contribution is -2.47. The van der Waals surface area contributed by atoms with Gasteiger partial charge in [0.05, 0.1) is 5.75 Å². The molecule has 2 aromatic heterocycles. The van der Waals surface area contributed by atoms with Crippen molar-refractivity contribution in [3.8, 4) is 0 Å². The maximum Gasteiger partial charge on any atom is 0.237 e. The van der Waals surface area contributed by atoms with Gasteiger partial charge in [0, 0.05) is 30.4 Å². The summed E-state index contributed by atoms with van der Waals surface area (Å²) in [6.45, 7) is 4.16. The van der Waals surface area contributed by atoms with Crippen LogP contribution < -0.4 is 4.90 Å². The summed E-state index contributed by atoms with van der Waals surface area (Å²) in [6, 6.07) is 10.5. The van der Waals surface area contributed by atoms with Crippen molar-refractivity contribution in [1.82, 2.24) is 19.9 Å². The third-order valence-electron chi connectivity index (χ3n) is 5.79. The highest BCUT2D eigenvalue weighted by Gasteiger charge is 2.43. The first-order valence-corrected chi connectivity index (χ1v) is 10.6. The predicted octanol–water partition coefficient (Wildman–Crippen LogP) is 3.19. The van der Waals surface area contributed by atoms with Crippen LogP contribution >= 0.6 is 11.8 Å². The summed E-state index contributed by atoms with van der Waals surface area (Å²) in [5.41, 5.74) is 5.25. The van der Waals surface area contributed by atoms with E-state index in [1.54, 1.807) is 6.20 Å². The van der Waals surface area contributed by atoms with Crippen LogP contribution in [-0.2, 0) is 4.79 Å². The van der Waals surface area contributed by atoms with E-state index in [0.717, 1.165) is 41.5 Å². The summed E-state index contributed by atoms with van der Waals surface area (Å²) in [5.74, 6) is 0.921. The van der Waals surface area contributed by atoms with E-state index in [9.17, 15) is 4.79 Å². The molecule has 5 rings (SSSR count). The quantitative estimate of drug-likeness (QED) is 0.693. The molecule has 2 unspecified atom stereocenters. The average molecular weight is 394 g/mol. The number of aromatic nitrogens is 3. The van der Waals surface area contributed by atoms with E-state index in [1.807, 2.05) is 12.1 Å². The predicted molar refractivity (Wildman–Crippen MR) is 112 cm³/mol. The second-order valence-electron chi connectivity index (χ2n) is 7.75. The number of benzene rings is 1. The van der Waals surface area contributed by atoms with Gasteiger partial charge in [0.2, 0.25) is 5.91 Å². The number of aromatic amines is 1. The van der Waals surface area contributed by atoms with Crippen LogP contribution in [0.25, 0.3) is 11.2 Å². The number of nitrogens with zero attached hydrogens (tertiary/aromatic N) is 4. The highest BCUT2D eigenvalue weighted by atomic mass is 32.2. The molecule has 1 aromatic carbocycles. The van der Waals surface area contributed by atoms with Crippen molar-refractivity contribution in [1.29, 1.82) is 0 Å². The Bertz CT molecular complexity index is 1020. The molecule has 0 aliphatic carbocycles. The van der Waals surface area contributed by atoms with Gasteiger partial charge in [-0.2, -0.15) is 0 Å². The molecule has 0 saturated carbocycles. The van der Waals surface area contributed by atoms with E-state index in [0.29, 0.717) is 11.7 Å². The zero-order chi connectivity index (χ0) is 19.3. The third kappa shape index (κ3) is 2.99. The van der Waals surface area contributed by atoms with Gasteiger partial charge in [-0.25, -0.2) is 9.97 Å². The van der Waals surface area contributed by atoms with E-state index >= 15 is 0 Å². The zero-order valence-electron chi connectivity index (χ0n) is 16.1. The van der Waals surface area contributed by atoms with Gasteiger partial charge in [-0.3, -0.25) is 4.79 Å².